The quantitative estimate of drug-likeness (QED) is 0.675. The third-order valence-corrected chi connectivity index (χ3v) is 2.64. The molecule has 0 saturated carbocycles. The van der Waals surface area contributed by atoms with Gasteiger partial charge >= 0.3 is 0 Å². The number of hydrogen-bond donors (Lipinski definition) is 0. The predicted molar refractivity (Wildman–Crippen MR) is 61.5 cm³/mol. The number of rotatable bonds is 0. The molecule has 16 heavy (non-hydrogen) atoms. The van der Waals surface area contributed by atoms with E-state index >= 15 is 0 Å². The molecule has 0 spiro atoms. The molecule has 0 N–H and O–H groups in total. The van der Waals surface area contributed by atoms with Gasteiger partial charge in [0.25, 0.3) is 0 Å². The van der Waals surface area contributed by atoms with Gasteiger partial charge in [0.1, 0.15) is 12.1 Å². The van der Waals surface area contributed by atoms with Crippen molar-refractivity contribution in [2.45, 2.75) is 33.6 Å². The van der Waals surface area contributed by atoms with E-state index in [2.05, 4.69) is 10.1 Å². The Bertz CT molecular complexity index is 542. The lowest BCUT2D eigenvalue weighted by Crippen LogP contribution is -2.15. The van der Waals surface area contributed by atoms with E-state index in [0.717, 1.165) is 22.5 Å². The molecule has 0 bridgehead atoms. The highest BCUT2D eigenvalue weighted by molar-refractivity contribution is 5.90. The first-order chi connectivity index (χ1) is 7.75. The average molecular weight is 217 g/mol. The number of Topliss-reactive ketones (excluding diaryl/α,β-unsaturated/α-hetero) is 1. The van der Waals surface area contributed by atoms with Crippen molar-refractivity contribution in [3.8, 4) is 0 Å². The van der Waals surface area contributed by atoms with E-state index in [9.17, 15) is 4.79 Å². The number of hydrogen-bond acceptors (Lipinski definition) is 3. The van der Waals surface area contributed by atoms with Gasteiger partial charge in [-0.25, -0.2) is 9.50 Å². The van der Waals surface area contributed by atoms with Gasteiger partial charge in [0.15, 0.2) is 0 Å². The van der Waals surface area contributed by atoms with Crippen molar-refractivity contribution in [2.24, 2.45) is 0 Å². The number of aryl methyl sites for hydroxylation is 1. The van der Waals surface area contributed by atoms with E-state index < -0.39 is 0 Å². The number of carbonyl (C=O) groups excluding carboxylic acids is 1. The molecule has 0 aliphatic heterocycles. The smallest absolute Gasteiger partial charge is 0.143 e. The molecule has 4 nitrogen and oxygen atoms in total. The van der Waals surface area contributed by atoms with E-state index in [1.807, 2.05) is 31.4 Å². The van der Waals surface area contributed by atoms with Crippen molar-refractivity contribution in [1.29, 1.82) is 0 Å². The first-order valence-electron chi connectivity index (χ1n) is 5.58. The Labute approximate surface area is 94.3 Å². The van der Waals surface area contributed by atoms with Gasteiger partial charge in [0, 0.05) is 12.1 Å². The zero-order valence-corrected chi connectivity index (χ0v) is 9.82. The highest BCUT2D eigenvalue weighted by Crippen LogP contribution is 2.23. The minimum Gasteiger partial charge on any atom is -0.299 e. The Morgan fingerprint density at radius 2 is 2.06 bits per heavy atom. The van der Waals surface area contributed by atoms with Crippen LogP contribution in [0.25, 0.3) is 5.52 Å². The fourth-order valence-electron chi connectivity index (χ4n) is 2.08. The van der Waals surface area contributed by atoms with Crippen LogP contribution in [0.2, 0.25) is 0 Å². The second-order valence-corrected chi connectivity index (χ2v) is 3.67. The third kappa shape index (κ3) is 1.50. The molecule has 2 aromatic heterocycles. The SMILES string of the molecule is CC.Cc1cc2c3c(ncnn13)CC(=O)C2. The summed E-state index contributed by atoms with van der Waals surface area (Å²) in [5.41, 5.74) is 4.02. The zero-order valence-electron chi connectivity index (χ0n) is 9.82. The molecule has 0 atom stereocenters. The van der Waals surface area contributed by atoms with Gasteiger partial charge in [-0.15, -0.1) is 0 Å². The summed E-state index contributed by atoms with van der Waals surface area (Å²) in [7, 11) is 0. The molecule has 1 aliphatic rings. The minimum absolute atomic E-state index is 0.240. The monoisotopic (exact) mass is 217 g/mol. The lowest BCUT2D eigenvalue weighted by atomic mass is 9.99. The number of nitrogens with zero attached hydrogens (tertiary/aromatic N) is 3. The Morgan fingerprint density at radius 3 is 2.81 bits per heavy atom. The molecule has 0 amide bonds. The average Bonchev–Trinajstić information content (AvgIpc) is 2.60. The van der Waals surface area contributed by atoms with E-state index in [4.69, 9.17) is 0 Å². The van der Waals surface area contributed by atoms with Crippen LogP contribution in [-0.4, -0.2) is 20.4 Å². The number of aromatic nitrogens is 3. The van der Waals surface area contributed by atoms with Crippen molar-refractivity contribution >= 4 is 11.3 Å². The maximum Gasteiger partial charge on any atom is 0.143 e. The summed E-state index contributed by atoms with van der Waals surface area (Å²) in [5.74, 6) is 0.240. The maximum atomic E-state index is 11.4. The van der Waals surface area contributed by atoms with E-state index in [1.165, 1.54) is 6.33 Å². The lowest BCUT2D eigenvalue weighted by Gasteiger charge is -2.09. The van der Waals surface area contributed by atoms with E-state index in [1.54, 1.807) is 0 Å². The summed E-state index contributed by atoms with van der Waals surface area (Å²) >= 11 is 0. The van der Waals surface area contributed by atoms with Crippen molar-refractivity contribution < 1.29 is 4.79 Å². The van der Waals surface area contributed by atoms with Crippen molar-refractivity contribution in [3.05, 3.63) is 29.3 Å². The van der Waals surface area contributed by atoms with Crippen molar-refractivity contribution in [3.63, 3.8) is 0 Å². The van der Waals surface area contributed by atoms with Crippen LogP contribution in [0.15, 0.2) is 12.4 Å². The second kappa shape index (κ2) is 4.04. The largest absolute Gasteiger partial charge is 0.299 e. The van der Waals surface area contributed by atoms with Gasteiger partial charge in [-0.2, -0.15) is 5.10 Å². The van der Waals surface area contributed by atoms with E-state index in [-0.39, 0.29) is 5.78 Å². The summed E-state index contributed by atoms with van der Waals surface area (Å²) in [6.07, 6.45) is 2.48. The van der Waals surface area contributed by atoms with Crippen LogP contribution < -0.4 is 0 Å². The van der Waals surface area contributed by atoms with Crippen LogP contribution in [0.5, 0.6) is 0 Å². The molecular weight excluding hydrogens is 202 g/mol. The molecule has 4 heteroatoms. The fourth-order valence-corrected chi connectivity index (χ4v) is 2.08. The summed E-state index contributed by atoms with van der Waals surface area (Å²) in [6, 6.07) is 2.02. The Hall–Kier alpha value is -1.71. The Balaban J connectivity index is 0.000000457. The minimum atomic E-state index is 0.240. The second-order valence-electron chi connectivity index (χ2n) is 3.67. The van der Waals surface area contributed by atoms with Gasteiger partial charge < -0.3 is 0 Å². The maximum absolute atomic E-state index is 11.4. The molecule has 0 radical (unpaired) electrons. The van der Waals surface area contributed by atoms with Crippen molar-refractivity contribution in [1.82, 2.24) is 14.6 Å². The predicted octanol–water partition coefficient (Wildman–Crippen LogP) is 1.73. The first-order valence-corrected chi connectivity index (χ1v) is 5.58. The molecule has 2 heterocycles. The third-order valence-electron chi connectivity index (χ3n) is 2.64. The van der Waals surface area contributed by atoms with Gasteiger partial charge in [0.05, 0.1) is 17.6 Å². The van der Waals surface area contributed by atoms with Crippen LogP contribution in [0.1, 0.15) is 30.8 Å². The number of ketones is 1. The van der Waals surface area contributed by atoms with Crippen LogP contribution in [0, 0.1) is 6.92 Å². The summed E-state index contributed by atoms with van der Waals surface area (Å²) in [4.78, 5) is 15.6. The molecule has 2 aromatic rings. The van der Waals surface area contributed by atoms with Crippen LogP contribution in [0.3, 0.4) is 0 Å². The molecule has 0 aromatic carbocycles. The molecule has 0 unspecified atom stereocenters. The van der Waals surface area contributed by atoms with Gasteiger partial charge in [-0.1, -0.05) is 13.8 Å². The number of carbonyl (C=O) groups is 1. The first kappa shape index (κ1) is 10.8. The lowest BCUT2D eigenvalue weighted by molar-refractivity contribution is -0.118. The molecule has 1 aliphatic carbocycles. The van der Waals surface area contributed by atoms with Gasteiger partial charge in [-0.05, 0) is 18.6 Å². The zero-order chi connectivity index (χ0) is 11.7. The summed E-state index contributed by atoms with van der Waals surface area (Å²) < 4.78 is 1.87. The molecule has 3 rings (SSSR count). The van der Waals surface area contributed by atoms with Crippen LogP contribution in [-0.2, 0) is 17.6 Å². The summed E-state index contributed by atoms with van der Waals surface area (Å²) in [6.45, 7) is 5.99. The van der Waals surface area contributed by atoms with Gasteiger partial charge in [0.2, 0.25) is 0 Å². The molecular formula is C12H15N3O. The Morgan fingerprint density at radius 1 is 1.31 bits per heavy atom. The highest BCUT2D eigenvalue weighted by Gasteiger charge is 2.21. The van der Waals surface area contributed by atoms with Crippen LogP contribution >= 0.6 is 0 Å². The van der Waals surface area contributed by atoms with Crippen molar-refractivity contribution in [2.75, 3.05) is 0 Å². The highest BCUT2D eigenvalue weighted by atomic mass is 16.1. The molecule has 84 valence electrons. The fraction of sp³-hybridized carbons (Fsp3) is 0.417. The Kier molecular flexibility index (Phi) is 2.73. The molecule has 0 fully saturated rings. The topological polar surface area (TPSA) is 47.3 Å². The standard InChI is InChI=1S/C10H9N3O.C2H6/c1-6-2-7-3-8(14)4-9-10(7)13(6)12-5-11-9;1-2/h2,5H,3-4H2,1H3;1-2H3. The summed E-state index contributed by atoms with van der Waals surface area (Å²) in [5, 5.41) is 4.16. The molecule has 0 saturated heterocycles. The normalized spacial score (nSPS) is 13.6. The van der Waals surface area contributed by atoms with Gasteiger partial charge in [-0.3, -0.25) is 4.79 Å². The van der Waals surface area contributed by atoms with Crippen LogP contribution in [0.4, 0.5) is 0 Å². The van der Waals surface area contributed by atoms with E-state index in [0.29, 0.717) is 12.8 Å².